The second-order valence-corrected chi connectivity index (χ2v) is 4.37. The molecule has 2 unspecified atom stereocenters. The number of benzene rings is 1. The molecule has 19 heavy (non-hydrogen) atoms. The minimum Gasteiger partial charge on any atom is -0.507 e. The molecular formula is C14H23NO4. The van der Waals surface area contributed by atoms with Crippen molar-refractivity contribution in [2.24, 2.45) is 0 Å². The van der Waals surface area contributed by atoms with Crippen LogP contribution in [-0.2, 0) is 9.47 Å². The van der Waals surface area contributed by atoms with Crippen LogP contribution in [0, 0.1) is 0 Å². The van der Waals surface area contributed by atoms with E-state index >= 15 is 0 Å². The zero-order valence-electron chi connectivity index (χ0n) is 12.0. The van der Waals surface area contributed by atoms with Gasteiger partial charge in [0, 0.05) is 38.4 Å². The summed E-state index contributed by atoms with van der Waals surface area (Å²) in [5.41, 5.74) is 0.827. The molecule has 5 nitrogen and oxygen atoms in total. The van der Waals surface area contributed by atoms with Crippen molar-refractivity contribution in [1.82, 2.24) is 5.32 Å². The normalized spacial score (nSPS) is 14.1. The van der Waals surface area contributed by atoms with Crippen LogP contribution in [0.4, 0.5) is 0 Å². The van der Waals surface area contributed by atoms with E-state index in [4.69, 9.17) is 14.2 Å². The van der Waals surface area contributed by atoms with E-state index in [1.165, 1.54) is 0 Å². The van der Waals surface area contributed by atoms with Crippen LogP contribution in [0.1, 0.15) is 18.5 Å². The van der Waals surface area contributed by atoms with Gasteiger partial charge in [-0.15, -0.1) is 0 Å². The molecule has 0 spiro atoms. The monoisotopic (exact) mass is 269 g/mol. The molecule has 1 aromatic carbocycles. The largest absolute Gasteiger partial charge is 0.507 e. The van der Waals surface area contributed by atoms with Gasteiger partial charge in [-0.3, -0.25) is 0 Å². The number of rotatable bonds is 8. The van der Waals surface area contributed by atoms with Crippen molar-refractivity contribution in [3.63, 3.8) is 0 Å². The predicted molar refractivity (Wildman–Crippen MR) is 73.7 cm³/mol. The first-order valence-corrected chi connectivity index (χ1v) is 6.24. The van der Waals surface area contributed by atoms with Crippen molar-refractivity contribution in [2.75, 3.05) is 34.5 Å². The third-order valence-corrected chi connectivity index (χ3v) is 3.04. The van der Waals surface area contributed by atoms with Crippen molar-refractivity contribution < 1.29 is 19.3 Å². The number of aromatic hydroxyl groups is 1. The second-order valence-electron chi connectivity index (χ2n) is 4.37. The average molecular weight is 269 g/mol. The van der Waals surface area contributed by atoms with Gasteiger partial charge in [0.05, 0.1) is 19.8 Å². The number of methoxy groups -OCH3 is 3. The number of hydrogen-bond acceptors (Lipinski definition) is 5. The molecule has 0 radical (unpaired) electrons. The first-order chi connectivity index (χ1) is 9.12. The molecule has 2 N–H and O–H groups in total. The van der Waals surface area contributed by atoms with Crippen LogP contribution in [0.25, 0.3) is 0 Å². The highest BCUT2D eigenvalue weighted by Gasteiger charge is 2.13. The number of ether oxygens (including phenoxy) is 3. The van der Waals surface area contributed by atoms with Crippen molar-refractivity contribution in [1.29, 1.82) is 0 Å². The Morgan fingerprint density at radius 1 is 1.26 bits per heavy atom. The summed E-state index contributed by atoms with van der Waals surface area (Å²) in [6.45, 7) is 3.17. The third-order valence-electron chi connectivity index (χ3n) is 3.04. The van der Waals surface area contributed by atoms with Gasteiger partial charge in [-0.1, -0.05) is 6.07 Å². The smallest absolute Gasteiger partial charge is 0.124 e. The molecular weight excluding hydrogens is 246 g/mol. The van der Waals surface area contributed by atoms with Crippen LogP contribution in [0.3, 0.4) is 0 Å². The maximum atomic E-state index is 9.94. The van der Waals surface area contributed by atoms with Crippen molar-refractivity contribution in [3.05, 3.63) is 23.8 Å². The van der Waals surface area contributed by atoms with Gasteiger partial charge in [0.2, 0.25) is 0 Å². The van der Waals surface area contributed by atoms with E-state index in [1.54, 1.807) is 27.4 Å². The highest BCUT2D eigenvalue weighted by molar-refractivity contribution is 5.41. The minimum absolute atomic E-state index is 0.00663. The van der Waals surface area contributed by atoms with Crippen molar-refractivity contribution in [3.8, 4) is 11.5 Å². The molecule has 0 aliphatic heterocycles. The van der Waals surface area contributed by atoms with Crippen molar-refractivity contribution >= 4 is 0 Å². The molecule has 0 heterocycles. The quantitative estimate of drug-likeness (QED) is 0.752. The summed E-state index contributed by atoms with van der Waals surface area (Å²) in [5, 5.41) is 13.2. The third kappa shape index (κ3) is 4.70. The molecule has 0 aliphatic carbocycles. The Labute approximate surface area is 114 Å². The molecule has 0 saturated carbocycles. The highest BCUT2D eigenvalue weighted by atomic mass is 16.5. The summed E-state index contributed by atoms with van der Waals surface area (Å²) in [7, 11) is 4.87. The van der Waals surface area contributed by atoms with E-state index in [0.29, 0.717) is 18.9 Å². The summed E-state index contributed by atoms with van der Waals surface area (Å²) in [6.07, 6.45) is -0.00663. The summed E-state index contributed by atoms with van der Waals surface area (Å²) in [6, 6.07) is 5.30. The Morgan fingerprint density at radius 2 is 2.00 bits per heavy atom. The number of nitrogens with one attached hydrogen (secondary N) is 1. The molecule has 1 rings (SSSR count). The van der Waals surface area contributed by atoms with Crippen LogP contribution in [-0.4, -0.2) is 45.7 Å². The van der Waals surface area contributed by atoms with Crippen LogP contribution < -0.4 is 10.1 Å². The van der Waals surface area contributed by atoms with E-state index in [0.717, 1.165) is 5.56 Å². The lowest BCUT2D eigenvalue weighted by Crippen LogP contribution is -2.33. The number of hydrogen-bond donors (Lipinski definition) is 2. The van der Waals surface area contributed by atoms with Gasteiger partial charge in [0.25, 0.3) is 0 Å². The lowest BCUT2D eigenvalue weighted by molar-refractivity contribution is 0.0276. The lowest BCUT2D eigenvalue weighted by atomic mass is 10.1. The Balaban J connectivity index is 2.60. The fourth-order valence-electron chi connectivity index (χ4n) is 1.83. The summed E-state index contributed by atoms with van der Waals surface area (Å²) in [5.74, 6) is 0.864. The number of phenols is 1. The van der Waals surface area contributed by atoms with Crippen LogP contribution >= 0.6 is 0 Å². The van der Waals surface area contributed by atoms with Crippen LogP contribution in [0.2, 0.25) is 0 Å². The van der Waals surface area contributed by atoms with Crippen LogP contribution in [0.15, 0.2) is 18.2 Å². The van der Waals surface area contributed by atoms with Gasteiger partial charge in [0.1, 0.15) is 11.5 Å². The van der Waals surface area contributed by atoms with E-state index in [9.17, 15) is 5.11 Å². The fourth-order valence-corrected chi connectivity index (χ4v) is 1.83. The molecule has 0 bridgehead atoms. The molecule has 0 fully saturated rings. The van der Waals surface area contributed by atoms with Gasteiger partial charge >= 0.3 is 0 Å². The lowest BCUT2D eigenvalue weighted by Gasteiger charge is -2.20. The molecule has 1 aromatic rings. The highest BCUT2D eigenvalue weighted by Crippen LogP contribution is 2.28. The van der Waals surface area contributed by atoms with E-state index in [1.807, 2.05) is 19.1 Å². The van der Waals surface area contributed by atoms with Crippen LogP contribution in [0.5, 0.6) is 11.5 Å². The topological polar surface area (TPSA) is 60.0 Å². The molecule has 2 atom stereocenters. The maximum Gasteiger partial charge on any atom is 0.124 e. The van der Waals surface area contributed by atoms with Crippen molar-refractivity contribution in [2.45, 2.75) is 19.1 Å². The summed E-state index contributed by atoms with van der Waals surface area (Å²) in [4.78, 5) is 0. The zero-order valence-corrected chi connectivity index (χ0v) is 12.0. The Morgan fingerprint density at radius 3 is 2.53 bits per heavy atom. The number of phenolic OH excluding ortho intramolecular Hbond substituents is 1. The first-order valence-electron chi connectivity index (χ1n) is 6.24. The Kier molecular flexibility index (Phi) is 6.62. The molecule has 0 aliphatic rings. The standard InChI is InChI=1S/C14H23NO4/c1-10(15-8-12(19-4)9-17-2)13-6-5-11(18-3)7-14(13)16/h5-7,10,12,15-16H,8-9H2,1-4H3. The predicted octanol–water partition coefficient (Wildman–Crippen LogP) is 1.71. The summed E-state index contributed by atoms with van der Waals surface area (Å²) < 4.78 is 15.4. The first kappa shape index (κ1) is 15.8. The molecule has 0 amide bonds. The van der Waals surface area contributed by atoms with E-state index < -0.39 is 0 Å². The van der Waals surface area contributed by atoms with E-state index in [2.05, 4.69) is 5.32 Å². The van der Waals surface area contributed by atoms with Gasteiger partial charge in [-0.25, -0.2) is 0 Å². The van der Waals surface area contributed by atoms with Gasteiger partial charge < -0.3 is 24.6 Å². The SMILES string of the molecule is COCC(CNC(C)c1ccc(OC)cc1O)OC. The maximum absolute atomic E-state index is 9.94. The van der Waals surface area contributed by atoms with Gasteiger partial charge in [0.15, 0.2) is 0 Å². The minimum atomic E-state index is -0.00663. The summed E-state index contributed by atoms with van der Waals surface area (Å²) >= 11 is 0. The fraction of sp³-hybridized carbons (Fsp3) is 0.571. The average Bonchev–Trinajstić information content (AvgIpc) is 2.42. The van der Waals surface area contributed by atoms with E-state index in [-0.39, 0.29) is 17.9 Å². The molecule has 108 valence electrons. The Hall–Kier alpha value is -1.30. The second kappa shape index (κ2) is 7.99. The van der Waals surface area contributed by atoms with Gasteiger partial charge in [-0.05, 0) is 13.0 Å². The molecule has 0 aromatic heterocycles. The molecule has 5 heteroatoms. The van der Waals surface area contributed by atoms with Gasteiger partial charge in [-0.2, -0.15) is 0 Å². The zero-order chi connectivity index (χ0) is 14.3. The molecule has 0 saturated heterocycles. The Bertz CT molecular complexity index is 384.